The quantitative estimate of drug-likeness (QED) is 0.330. The van der Waals surface area contributed by atoms with Gasteiger partial charge in [0.25, 0.3) is 0 Å². The van der Waals surface area contributed by atoms with Gasteiger partial charge in [-0.2, -0.15) is 13.2 Å². The Balaban J connectivity index is 0.000000447. The topological polar surface area (TPSA) is 73.0 Å². The molecular formula is C19H26F4N2O3S. The minimum Gasteiger partial charge on any atom is -0.741 e. The maximum atomic E-state index is 13.2. The highest BCUT2D eigenvalue weighted by Gasteiger charge is 2.36. The number of nitrogens with zero attached hydrogens (tertiary/aromatic N) is 1. The Morgan fingerprint density at radius 3 is 1.90 bits per heavy atom. The third-order valence-electron chi connectivity index (χ3n) is 3.95. The Hall–Kier alpha value is -1.91. The number of quaternary nitrogens is 1. The van der Waals surface area contributed by atoms with Crippen LogP contribution in [-0.4, -0.2) is 49.1 Å². The number of benzene rings is 1. The molecule has 1 heterocycles. The van der Waals surface area contributed by atoms with Crippen LogP contribution in [0.3, 0.4) is 0 Å². The summed E-state index contributed by atoms with van der Waals surface area (Å²) in [4.78, 5) is 3.54. The number of hydrogen-bond acceptors (Lipinski definition) is 3. The lowest BCUT2D eigenvalue weighted by atomic mass is 9.96. The molecule has 0 atom stereocenters. The van der Waals surface area contributed by atoms with Crippen molar-refractivity contribution < 1.29 is 35.0 Å². The highest BCUT2D eigenvalue weighted by atomic mass is 32.2. The summed E-state index contributed by atoms with van der Waals surface area (Å²) in [6.07, 6.45) is 0. The van der Waals surface area contributed by atoms with E-state index >= 15 is 0 Å². The van der Waals surface area contributed by atoms with Gasteiger partial charge in [-0.1, -0.05) is 26.0 Å². The zero-order valence-corrected chi connectivity index (χ0v) is 18.0. The minimum absolute atomic E-state index is 0.191. The fraction of sp³-hybridized carbons (Fsp3) is 0.474. The van der Waals surface area contributed by atoms with Gasteiger partial charge >= 0.3 is 5.51 Å². The second kappa shape index (κ2) is 8.85. The number of aryl methyl sites for hydroxylation is 1. The van der Waals surface area contributed by atoms with E-state index in [0.29, 0.717) is 5.92 Å². The molecule has 2 rings (SSSR count). The monoisotopic (exact) mass is 438 g/mol. The molecular weight excluding hydrogens is 412 g/mol. The molecule has 0 fully saturated rings. The third kappa shape index (κ3) is 7.13. The van der Waals surface area contributed by atoms with Gasteiger partial charge in [-0.15, -0.1) is 0 Å². The highest BCUT2D eigenvalue weighted by Crippen LogP contribution is 2.34. The van der Waals surface area contributed by atoms with Crippen LogP contribution in [0.25, 0.3) is 11.1 Å². The number of halogens is 4. The van der Waals surface area contributed by atoms with Crippen molar-refractivity contribution in [2.45, 2.75) is 38.7 Å². The van der Waals surface area contributed by atoms with E-state index in [1.165, 1.54) is 29.0 Å². The van der Waals surface area contributed by atoms with Crippen LogP contribution in [-0.2, 0) is 16.7 Å². The molecule has 1 aromatic heterocycles. The van der Waals surface area contributed by atoms with Crippen molar-refractivity contribution in [3.05, 3.63) is 47.0 Å². The summed E-state index contributed by atoms with van der Waals surface area (Å²) >= 11 is 0. The summed E-state index contributed by atoms with van der Waals surface area (Å²) in [6.45, 7) is 7.46. The standard InChI is InChI=1S/C18H26FN2.CHF3O3S/c1-12(2)18-16(11-21(4,5)6)17(13(3)20-18)14-7-9-15(19)10-8-14;2-1(3,4)8(5,6)7/h7-10,12,20H,11H2,1-6H3;(H,5,6,7)/q+1;/p-1. The van der Waals surface area contributed by atoms with Gasteiger partial charge in [0, 0.05) is 22.5 Å². The van der Waals surface area contributed by atoms with Gasteiger partial charge in [0.05, 0.1) is 21.1 Å². The molecule has 0 aliphatic carbocycles. The number of H-pyrrole nitrogens is 1. The number of alkyl halides is 3. The Morgan fingerprint density at radius 1 is 1.10 bits per heavy atom. The second-order valence-corrected chi connectivity index (χ2v) is 9.40. The molecule has 2 aromatic rings. The fourth-order valence-corrected chi connectivity index (χ4v) is 2.84. The van der Waals surface area contributed by atoms with Crippen LogP contribution in [0.4, 0.5) is 17.6 Å². The van der Waals surface area contributed by atoms with Crippen LogP contribution < -0.4 is 0 Å². The Morgan fingerprint density at radius 2 is 1.55 bits per heavy atom. The third-order valence-corrected chi connectivity index (χ3v) is 4.52. The van der Waals surface area contributed by atoms with Gasteiger partial charge in [0.15, 0.2) is 10.1 Å². The van der Waals surface area contributed by atoms with Gasteiger partial charge < -0.3 is 14.0 Å². The van der Waals surface area contributed by atoms with E-state index in [2.05, 4.69) is 46.9 Å². The van der Waals surface area contributed by atoms with E-state index in [0.717, 1.165) is 22.3 Å². The molecule has 0 aliphatic rings. The van der Waals surface area contributed by atoms with Crippen LogP contribution in [0.5, 0.6) is 0 Å². The molecule has 0 unspecified atom stereocenters. The smallest absolute Gasteiger partial charge is 0.485 e. The molecule has 0 saturated carbocycles. The van der Waals surface area contributed by atoms with Gasteiger partial charge in [0.2, 0.25) is 0 Å². The Kier molecular flexibility index (Phi) is 7.66. The summed E-state index contributed by atoms with van der Waals surface area (Å²) in [6, 6.07) is 6.81. The first-order valence-corrected chi connectivity index (χ1v) is 10.1. The predicted octanol–water partition coefficient (Wildman–Crippen LogP) is 4.51. The van der Waals surface area contributed by atoms with Gasteiger partial charge in [-0.3, -0.25) is 0 Å². The Bertz CT molecular complexity index is 926. The van der Waals surface area contributed by atoms with Crippen molar-refractivity contribution in [1.82, 2.24) is 4.98 Å². The summed E-state index contributed by atoms with van der Waals surface area (Å²) in [5, 5.41) is 0. The van der Waals surface area contributed by atoms with E-state index in [4.69, 9.17) is 13.0 Å². The lowest BCUT2D eigenvalue weighted by Crippen LogP contribution is -2.33. The average molecular weight is 438 g/mol. The van der Waals surface area contributed by atoms with Gasteiger partial charge in [-0.05, 0) is 30.5 Å². The fourth-order valence-electron chi connectivity index (χ4n) is 2.84. The molecule has 0 saturated heterocycles. The lowest BCUT2D eigenvalue weighted by molar-refractivity contribution is -0.883. The molecule has 10 heteroatoms. The normalized spacial score (nSPS) is 12.7. The first-order chi connectivity index (χ1) is 12.9. The van der Waals surface area contributed by atoms with Crippen LogP contribution >= 0.6 is 0 Å². The molecule has 29 heavy (non-hydrogen) atoms. The van der Waals surface area contributed by atoms with Crippen LogP contribution in [0.15, 0.2) is 24.3 Å². The van der Waals surface area contributed by atoms with Gasteiger partial charge in [0.1, 0.15) is 12.4 Å². The SMILES string of the molecule is Cc1[nH]c(C(C)C)c(C[N+](C)(C)C)c1-c1ccc(F)cc1.O=S(=O)([O-])C(F)(F)F. The van der Waals surface area contributed by atoms with E-state index in [-0.39, 0.29) is 5.82 Å². The summed E-state index contributed by atoms with van der Waals surface area (Å²) in [5.41, 5.74) is 0.468. The minimum atomic E-state index is -6.09. The summed E-state index contributed by atoms with van der Waals surface area (Å²) < 4.78 is 73.0. The lowest BCUT2D eigenvalue weighted by Gasteiger charge is -2.25. The van der Waals surface area contributed by atoms with E-state index < -0.39 is 15.6 Å². The highest BCUT2D eigenvalue weighted by molar-refractivity contribution is 7.86. The average Bonchev–Trinajstić information content (AvgIpc) is 2.82. The number of nitrogens with one attached hydrogen (secondary N) is 1. The molecule has 1 aromatic carbocycles. The van der Waals surface area contributed by atoms with Crippen molar-refractivity contribution in [1.29, 1.82) is 0 Å². The molecule has 0 bridgehead atoms. The van der Waals surface area contributed by atoms with E-state index in [1.807, 2.05) is 12.1 Å². The molecule has 0 spiro atoms. The van der Waals surface area contributed by atoms with Crippen molar-refractivity contribution in [3.8, 4) is 11.1 Å². The van der Waals surface area contributed by atoms with E-state index in [9.17, 15) is 17.6 Å². The summed E-state index contributed by atoms with van der Waals surface area (Å²) in [5.74, 6) is 0.253. The zero-order chi connectivity index (χ0) is 22.8. The number of rotatable bonds is 4. The van der Waals surface area contributed by atoms with E-state index in [1.54, 1.807) is 0 Å². The first-order valence-electron chi connectivity index (χ1n) is 8.74. The maximum absolute atomic E-state index is 13.2. The number of hydrogen-bond donors (Lipinski definition) is 1. The number of aromatic nitrogens is 1. The molecule has 0 amide bonds. The predicted molar refractivity (Wildman–Crippen MR) is 103 cm³/mol. The van der Waals surface area contributed by atoms with Gasteiger partial charge in [-0.25, -0.2) is 12.8 Å². The van der Waals surface area contributed by atoms with Crippen molar-refractivity contribution in [2.75, 3.05) is 21.1 Å². The number of aromatic amines is 1. The summed E-state index contributed by atoms with van der Waals surface area (Å²) in [7, 11) is 0.496. The molecule has 164 valence electrons. The molecule has 1 N–H and O–H groups in total. The molecule has 0 aliphatic heterocycles. The van der Waals surface area contributed by atoms with Crippen molar-refractivity contribution in [3.63, 3.8) is 0 Å². The second-order valence-electron chi connectivity index (χ2n) is 8.03. The zero-order valence-electron chi connectivity index (χ0n) is 17.2. The maximum Gasteiger partial charge on any atom is 0.485 e. The molecule has 0 radical (unpaired) electrons. The van der Waals surface area contributed by atoms with Crippen LogP contribution in [0, 0.1) is 12.7 Å². The van der Waals surface area contributed by atoms with Crippen molar-refractivity contribution >= 4 is 10.1 Å². The van der Waals surface area contributed by atoms with Crippen LogP contribution in [0.2, 0.25) is 0 Å². The largest absolute Gasteiger partial charge is 0.741 e. The van der Waals surface area contributed by atoms with Crippen molar-refractivity contribution in [2.24, 2.45) is 0 Å². The van der Waals surface area contributed by atoms with Crippen LogP contribution in [0.1, 0.15) is 36.7 Å². The molecule has 5 nitrogen and oxygen atoms in total. The Labute approximate surface area is 168 Å². The first kappa shape index (κ1) is 25.1.